The van der Waals surface area contributed by atoms with Crippen LogP contribution < -0.4 is 5.32 Å². The lowest BCUT2D eigenvalue weighted by Gasteiger charge is -2.18. The zero-order valence-corrected chi connectivity index (χ0v) is 11.6. The van der Waals surface area contributed by atoms with Crippen molar-refractivity contribution in [2.24, 2.45) is 10.9 Å². The molecule has 1 atom stereocenters. The van der Waals surface area contributed by atoms with Crippen molar-refractivity contribution < 1.29 is 0 Å². The van der Waals surface area contributed by atoms with Crippen LogP contribution in [0.3, 0.4) is 0 Å². The average Bonchev–Trinajstić information content (AvgIpc) is 2.69. The molecule has 2 nitrogen and oxygen atoms in total. The van der Waals surface area contributed by atoms with Gasteiger partial charge in [0.1, 0.15) is 0 Å². The number of nitrogens with zero attached hydrogens (tertiary/aromatic N) is 1. The van der Waals surface area contributed by atoms with Gasteiger partial charge in [0.15, 0.2) is 5.17 Å². The largest absolute Gasteiger partial charge is 0.364 e. The monoisotopic (exact) mass is 246 g/mol. The Labute approximate surface area is 102 Å². The molecular weight excluding hydrogens is 224 g/mol. The SMILES string of the molecule is CCC(CC)C1CN=C(NCCSC)S1. The predicted octanol–water partition coefficient (Wildman–Crippen LogP) is 2.85. The molecule has 0 spiro atoms. The summed E-state index contributed by atoms with van der Waals surface area (Å²) in [5.74, 6) is 1.99. The van der Waals surface area contributed by atoms with Crippen LogP contribution in [0.5, 0.6) is 0 Å². The molecule has 0 saturated carbocycles. The van der Waals surface area contributed by atoms with E-state index in [9.17, 15) is 0 Å². The van der Waals surface area contributed by atoms with Crippen LogP contribution in [-0.2, 0) is 0 Å². The number of hydrogen-bond donors (Lipinski definition) is 1. The first-order valence-electron chi connectivity index (χ1n) is 5.75. The van der Waals surface area contributed by atoms with E-state index < -0.39 is 0 Å². The lowest BCUT2D eigenvalue weighted by Crippen LogP contribution is -2.23. The highest BCUT2D eigenvalue weighted by Crippen LogP contribution is 2.30. The number of nitrogens with one attached hydrogen (secondary N) is 1. The Morgan fingerprint density at radius 1 is 1.53 bits per heavy atom. The molecule has 0 bridgehead atoms. The molecule has 0 aromatic rings. The van der Waals surface area contributed by atoms with Gasteiger partial charge in [0, 0.05) is 17.5 Å². The standard InChI is InChI=1S/C11H22N2S2/c1-4-9(5-2)10-8-13-11(15-10)12-6-7-14-3/h9-10H,4-8H2,1-3H3,(H,12,13). The maximum atomic E-state index is 4.56. The first-order valence-corrected chi connectivity index (χ1v) is 8.03. The van der Waals surface area contributed by atoms with Gasteiger partial charge < -0.3 is 5.32 Å². The Morgan fingerprint density at radius 3 is 2.87 bits per heavy atom. The lowest BCUT2D eigenvalue weighted by molar-refractivity contribution is 0.479. The number of thioether (sulfide) groups is 2. The Bertz CT molecular complexity index is 203. The fourth-order valence-electron chi connectivity index (χ4n) is 1.81. The third-order valence-corrected chi connectivity index (χ3v) is 4.78. The zero-order valence-electron chi connectivity index (χ0n) is 9.95. The lowest BCUT2D eigenvalue weighted by atomic mass is 9.99. The Balaban J connectivity index is 2.24. The summed E-state index contributed by atoms with van der Waals surface area (Å²) in [4.78, 5) is 4.56. The highest BCUT2D eigenvalue weighted by molar-refractivity contribution is 8.14. The summed E-state index contributed by atoms with van der Waals surface area (Å²) < 4.78 is 0. The van der Waals surface area contributed by atoms with Crippen LogP contribution in [0.1, 0.15) is 26.7 Å². The molecule has 1 unspecified atom stereocenters. The molecule has 1 rings (SSSR count). The highest BCUT2D eigenvalue weighted by atomic mass is 32.2. The van der Waals surface area contributed by atoms with Crippen LogP contribution in [0.15, 0.2) is 4.99 Å². The fourth-order valence-corrected chi connectivity index (χ4v) is 3.46. The molecule has 4 heteroatoms. The molecule has 1 heterocycles. The van der Waals surface area contributed by atoms with Crippen LogP contribution in [0.4, 0.5) is 0 Å². The van der Waals surface area contributed by atoms with Crippen LogP contribution in [0.2, 0.25) is 0 Å². The van der Waals surface area contributed by atoms with E-state index in [1.54, 1.807) is 0 Å². The van der Waals surface area contributed by atoms with Crippen molar-refractivity contribution >= 4 is 28.7 Å². The minimum Gasteiger partial charge on any atom is -0.364 e. The second kappa shape index (κ2) is 7.44. The van der Waals surface area contributed by atoms with Crippen molar-refractivity contribution in [3.05, 3.63) is 0 Å². The predicted molar refractivity (Wildman–Crippen MR) is 74.1 cm³/mol. The molecule has 0 radical (unpaired) electrons. The van der Waals surface area contributed by atoms with E-state index in [0.717, 1.165) is 30.0 Å². The molecule has 1 aliphatic rings. The van der Waals surface area contributed by atoms with Crippen LogP contribution in [0, 0.1) is 5.92 Å². The van der Waals surface area contributed by atoms with Crippen LogP contribution in [-0.4, -0.2) is 35.5 Å². The van der Waals surface area contributed by atoms with E-state index in [0.29, 0.717) is 0 Å². The van der Waals surface area contributed by atoms with Gasteiger partial charge in [-0.2, -0.15) is 11.8 Å². The van der Waals surface area contributed by atoms with Crippen molar-refractivity contribution in [2.75, 3.05) is 25.1 Å². The van der Waals surface area contributed by atoms with Crippen molar-refractivity contribution in [3.63, 3.8) is 0 Å². The topological polar surface area (TPSA) is 24.4 Å². The van der Waals surface area contributed by atoms with Crippen molar-refractivity contribution in [1.29, 1.82) is 0 Å². The third kappa shape index (κ3) is 4.27. The number of hydrogen-bond acceptors (Lipinski definition) is 4. The molecule has 0 aromatic carbocycles. The summed E-state index contributed by atoms with van der Waals surface area (Å²) in [5, 5.41) is 5.29. The van der Waals surface area contributed by atoms with Gasteiger partial charge in [-0.25, -0.2) is 0 Å². The number of amidine groups is 1. The summed E-state index contributed by atoms with van der Waals surface area (Å²) in [7, 11) is 0. The van der Waals surface area contributed by atoms with Gasteiger partial charge in [-0.1, -0.05) is 38.5 Å². The molecule has 0 aromatic heterocycles. The molecule has 0 aliphatic carbocycles. The third-order valence-electron chi connectivity index (χ3n) is 2.83. The van der Waals surface area contributed by atoms with Crippen molar-refractivity contribution in [2.45, 2.75) is 31.9 Å². The first kappa shape index (κ1) is 13.2. The number of aliphatic imine (C=N–C) groups is 1. The van der Waals surface area contributed by atoms with Gasteiger partial charge in [-0.05, 0) is 12.2 Å². The molecule has 1 aliphatic heterocycles. The summed E-state index contributed by atoms with van der Waals surface area (Å²) >= 11 is 3.82. The average molecular weight is 246 g/mol. The second-order valence-corrected chi connectivity index (χ2v) is 6.01. The summed E-state index contributed by atoms with van der Waals surface area (Å²) in [6.45, 7) is 6.63. The summed E-state index contributed by atoms with van der Waals surface area (Å²) in [6.07, 6.45) is 4.70. The Morgan fingerprint density at radius 2 is 2.27 bits per heavy atom. The van der Waals surface area contributed by atoms with Gasteiger partial charge in [0.25, 0.3) is 0 Å². The van der Waals surface area contributed by atoms with Crippen LogP contribution >= 0.6 is 23.5 Å². The van der Waals surface area contributed by atoms with Crippen molar-refractivity contribution in [3.8, 4) is 0 Å². The van der Waals surface area contributed by atoms with Gasteiger partial charge in [0.2, 0.25) is 0 Å². The smallest absolute Gasteiger partial charge is 0.156 e. The molecular formula is C11H22N2S2. The van der Waals surface area contributed by atoms with E-state index in [4.69, 9.17) is 0 Å². The zero-order chi connectivity index (χ0) is 11.1. The molecule has 0 fully saturated rings. The fraction of sp³-hybridized carbons (Fsp3) is 0.909. The molecule has 1 N–H and O–H groups in total. The van der Waals surface area contributed by atoms with Crippen molar-refractivity contribution in [1.82, 2.24) is 5.32 Å². The normalized spacial score (nSPS) is 20.8. The Hall–Kier alpha value is 0.170. The van der Waals surface area contributed by atoms with E-state index >= 15 is 0 Å². The molecule has 0 amide bonds. The molecule has 88 valence electrons. The summed E-state index contributed by atoms with van der Waals surface area (Å²) in [6, 6.07) is 0. The van der Waals surface area contributed by atoms with Gasteiger partial charge in [-0.15, -0.1) is 0 Å². The quantitative estimate of drug-likeness (QED) is 0.729. The summed E-state index contributed by atoms with van der Waals surface area (Å²) in [5.41, 5.74) is 0. The van der Waals surface area contributed by atoms with Gasteiger partial charge in [0.05, 0.1) is 6.54 Å². The number of rotatable bonds is 6. The van der Waals surface area contributed by atoms with Crippen LogP contribution in [0.25, 0.3) is 0 Å². The van der Waals surface area contributed by atoms with E-state index in [1.165, 1.54) is 18.0 Å². The molecule has 15 heavy (non-hydrogen) atoms. The minimum absolute atomic E-state index is 0.719. The van der Waals surface area contributed by atoms with Gasteiger partial charge in [-0.3, -0.25) is 4.99 Å². The minimum atomic E-state index is 0.719. The highest BCUT2D eigenvalue weighted by Gasteiger charge is 2.25. The van der Waals surface area contributed by atoms with E-state index in [-0.39, 0.29) is 0 Å². The molecule has 0 saturated heterocycles. The Kier molecular flexibility index (Phi) is 6.57. The van der Waals surface area contributed by atoms with E-state index in [2.05, 4.69) is 30.4 Å². The maximum Gasteiger partial charge on any atom is 0.156 e. The second-order valence-electron chi connectivity index (χ2n) is 3.80. The first-order chi connectivity index (χ1) is 7.31. The van der Waals surface area contributed by atoms with Gasteiger partial charge >= 0.3 is 0 Å². The maximum absolute atomic E-state index is 4.56. The van der Waals surface area contributed by atoms with E-state index in [1.807, 2.05) is 23.5 Å².